The van der Waals surface area contributed by atoms with Crippen molar-refractivity contribution >= 4 is 17.7 Å². The Morgan fingerprint density at radius 2 is 1.87 bits per heavy atom. The molecule has 0 unspecified atom stereocenters. The number of hydrogen-bond acceptors (Lipinski definition) is 5. The second-order valence-electron chi connectivity index (χ2n) is 8.28. The van der Waals surface area contributed by atoms with E-state index in [1.165, 1.54) is 4.90 Å². The molecule has 0 aliphatic carbocycles. The lowest BCUT2D eigenvalue weighted by Gasteiger charge is -2.29. The summed E-state index contributed by atoms with van der Waals surface area (Å²) in [7, 11) is 0. The molecule has 2 aromatic carbocycles. The smallest absolute Gasteiger partial charge is 0.326 e. The summed E-state index contributed by atoms with van der Waals surface area (Å²) in [5.74, 6) is 0.129. The SMILES string of the molecule is CC(C)(C)OC(=O)CN1CCc2cc(OCc3ccc(C(=N)N)cc3)ccc2C1=O. The molecule has 2 aromatic rings. The van der Waals surface area contributed by atoms with Crippen LogP contribution >= 0.6 is 0 Å². The summed E-state index contributed by atoms with van der Waals surface area (Å²) in [5, 5.41) is 7.43. The third-order valence-corrected chi connectivity index (χ3v) is 4.66. The second kappa shape index (κ2) is 8.57. The number of nitrogens with two attached hydrogens (primary N) is 1. The third kappa shape index (κ3) is 5.37. The van der Waals surface area contributed by atoms with Crippen LogP contribution < -0.4 is 10.5 Å². The molecule has 0 radical (unpaired) electrons. The average molecular weight is 409 g/mol. The minimum atomic E-state index is -0.577. The lowest BCUT2D eigenvalue weighted by atomic mass is 9.98. The van der Waals surface area contributed by atoms with E-state index < -0.39 is 11.6 Å². The predicted molar refractivity (Wildman–Crippen MR) is 114 cm³/mol. The van der Waals surface area contributed by atoms with E-state index in [4.69, 9.17) is 20.6 Å². The van der Waals surface area contributed by atoms with E-state index in [9.17, 15) is 9.59 Å². The van der Waals surface area contributed by atoms with E-state index >= 15 is 0 Å². The molecule has 0 bridgehead atoms. The highest BCUT2D eigenvalue weighted by atomic mass is 16.6. The summed E-state index contributed by atoms with van der Waals surface area (Å²) in [6, 6.07) is 12.7. The van der Waals surface area contributed by atoms with Crippen LogP contribution in [-0.2, 0) is 22.6 Å². The van der Waals surface area contributed by atoms with Gasteiger partial charge >= 0.3 is 5.97 Å². The molecule has 7 heteroatoms. The van der Waals surface area contributed by atoms with Gasteiger partial charge in [0.15, 0.2) is 0 Å². The number of benzene rings is 2. The minimum Gasteiger partial charge on any atom is -0.489 e. The van der Waals surface area contributed by atoms with Gasteiger partial charge in [-0.1, -0.05) is 24.3 Å². The van der Waals surface area contributed by atoms with Gasteiger partial charge in [-0.3, -0.25) is 15.0 Å². The van der Waals surface area contributed by atoms with Gasteiger partial charge in [-0.25, -0.2) is 0 Å². The van der Waals surface area contributed by atoms with E-state index in [-0.39, 0.29) is 18.3 Å². The van der Waals surface area contributed by atoms with Gasteiger partial charge in [0.2, 0.25) is 0 Å². The van der Waals surface area contributed by atoms with Crippen molar-refractivity contribution in [2.45, 2.75) is 39.4 Å². The molecular formula is C23H27N3O4. The molecule has 0 saturated heterocycles. The fourth-order valence-corrected chi connectivity index (χ4v) is 3.23. The Balaban J connectivity index is 1.62. The molecule has 3 N–H and O–H groups in total. The maximum Gasteiger partial charge on any atom is 0.326 e. The summed E-state index contributed by atoms with van der Waals surface area (Å²) in [4.78, 5) is 26.3. The summed E-state index contributed by atoms with van der Waals surface area (Å²) in [5.41, 5.74) is 8.00. The quantitative estimate of drug-likeness (QED) is 0.434. The first-order chi connectivity index (χ1) is 14.1. The highest BCUT2D eigenvalue weighted by Crippen LogP contribution is 2.25. The number of nitrogens with zero attached hydrogens (tertiary/aromatic N) is 1. The second-order valence-corrected chi connectivity index (χ2v) is 8.28. The molecule has 1 aliphatic heterocycles. The minimum absolute atomic E-state index is 0.0301. The topological polar surface area (TPSA) is 106 Å². The van der Waals surface area contributed by atoms with Crippen LogP contribution in [0.25, 0.3) is 0 Å². The Labute approximate surface area is 176 Å². The Morgan fingerprint density at radius 3 is 2.50 bits per heavy atom. The van der Waals surface area contributed by atoms with Crippen LogP contribution in [0.3, 0.4) is 0 Å². The predicted octanol–water partition coefficient (Wildman–Crippen LogP) is 2.89. The molecule has 158 valence electrons. The van der Waals surface area contributed by atoms with Crippen molar-refractivity contribution in [3.8, 4) is 5.75 Å². The first-order valence-corrected chi connectivity index (χ1v) is 9.82. The number of nitrogen functional groups attached to an aromatic ring is 1. The molecule has 1 heterocycles. The fourth-order valence-electron chi connectivity index (χ4n) is 3.23. The van der Waals surface area contributed by atoms with Crippen LogP contribution in [0, 0.1) is 5.41 Å². The molecule has 0 atom stereocenters. The molecule has 1 aliphatic rings. The largest absolute Gasteiger partial charge is 0.489 e. The summed E-state index contributed by atoms with van der Waals surface area (Å²) >= 11 is 0. The number of fused-ring (bicyclic) bond motifs is 1. The third-order valence-electron chi connectivity index (χ3n) is 4.66. The van der Waals surface area contributed by atoms with E-state index in [1.54, 1.807) is 45.0 Å². The first-order valence-electron chi connectivity index (χ1n) is 9.82. The van der Waals surface area contributed by atoms with Gasteiger partial charge in [0.1, 0.15) is 30.3 Å². The van der Waals surface area contributed by atoms with Crippen LogP contribution in [0.1, 0.15) is 47.8 Å². The number of nitrogens with one attached hydrogen (secondary N) is 1. The van der Waals surface area contributed by atoms with Crippen molar-refractivity contribution in [3.05, 3.63) is 64.7 Å². The Bertz CT molecular complexity index is 961. The van der Waals surface area contributed by atoms with Crippen LogP contribution in [0.15, 0.2) is 42.5 Å². The number of esters is 1. The standard InChI is InChI=1S/C23H27N3O4/c1-23(2,3)30-20(27)13-26-11-10-17-12-18(8-9-19(17)22(26)28)29-14-15-4-6-16(7-5-15)21(24)25/h4-9,12H,10-11,13-14H2,1-3H3,(H3,24,25). The molecule has 30 heavy (non-hydrogen) atoms. The molecule has 0 aromatic heterocycles. The normalized spacial score (nSPS) is 13.6. The maximum atomic E-state index is 12.7. The number of rotatable bonds is 6. The molecular weight excluding hydrogens is 382 g/mol. The zero-order valence-corrected chi connectivity index (χ0v) is 17.5. The van der Waals surface area contributed by atoms with Gasteiger partial charge in [0, 0.05) is 17.7 Å². The zero-order chi connectivity index (χ0) is 21.9. The van der Waals surface area contributed by atoms with Crippen LogP contribution in [0.2, 0.25) is 0 Å². The molecule has 3 rings (SSSR count). The van der Waals surface area contributed by atoms with Gasteiger partial charge in [-0.2, -0.15) is 0 Å². The van der Waals surface area contributed by atoms with Gasteiger partial charge < -0.3 is 20.1 Å². The monoisotopic (exact) mass is 409 g/mol. The molecule has 0 fully saturated rings. The van der Waals surface area contributed by atoms with Crippen molar-refractivity contribution in [2.75, 3.05) is 13.1 Å². The number of hydrogen-bond donors (Lipinski definition) is 2. The van der Waals surface area contributed by atoms with Gasteiger partial charge in [0.25, 0.3) is 5.91 Å². The Morgan fingerprint density at radius 1 is 1.17 bits per heavy atom. The summed E-state index contributed by atoms with van der Waals surface area (Å²) < 4.78 is 11.2. The van der Waals surface area contributed by atoms with E-state index in [2.05, 4.69) is 0 Å². The van der Waals surface area contributed by atoms with E-state index in [0.717, 1.165) is 11.1 Å². The van der Waals surface area contributed by atoms with Gasteiger partial charge in [0.05, 0.1) is 0 Å². The lowest BCUT2D eigenvalue weighted by Crippen LogP contribution is -2.42. The average Bonchev–Trinajstić information content (AvgIpc) is 2.67. The lowest BCUT2D eigenvalue weighted by molar-refractivity contribution is -0.155. The summed E-state index contributed by atoms with van der Waals surface area (Å²) in [6.45, 7) is 6.19. The van der Waals surface area contributed by atoms with Crippen LogP contribution in [0.4, 0.5) is 0 Å². The Kier molecular flexibility index (Phi) is 6.10. The number of ether oxygens (including phenoxy) is 2. The van der Waals surface area contributed by atoms with Gasteiger partial charge in [-0.05, 0) is 56.5 Å². The fraction of sp³-hybridized carbons (Fsp3) is 0.348. The number of carbonyl (C=O) groups excluding carboxylic acids is 2. The first kappa shape index (κ1) is 21.4. The Hall–Kier alpha value is -3.35. The van der Waals surface area contributed by atoms with Crippen molar-refractivity contribution < 1.29 is 19.1 Å². The van der Waals surface area contributed by atoms with Crippen LogP contribution in [-0.4, -0.2) is 41.3 Å². The molecule has 1 amide bonds. The van der Waals surface area contributed by atoms with Crippen molar-refractivity contribution in [1.82, 2.24) is 4.90 Å². The number of carbonyl (C=O) groups is 2. The van der Waals surface area contributed by atoms with E-state index in [0.29, 0.717) is 36.4 Å². The van der Waals surface area contributed by atoms with Crippen molar-refractivity contribution in [3.63, 3.8) is 0 Å². The van der Waals surface area contributed by atoms with Crippen molar-refractivity contribution in [1.29, 1.82) is 5.41 Å². The highest BCUT2D eigenvalue weighted by molar-refractivity contribution is 5.98. The molecule has 0 saturated carbocycles. The van der Waals surface area contributed by atoms with Gasteiger partial charge in [-0.15, -0.1) is 0 Å². The zero-order valence-electron chi connectivity index (χ0n) is 17.5. The molecule has 7 nitrogen and oxygen atoms in total. The highest BCUT2D eigenvalue weighted by Gasteiger charge is 2.28. The van der Waals surface area contributed by atoms with Crippen LogP contribution in [0.5, 0.6) is 5.75 Å². The summed E-state index contributed by atoms with van der Waals surface area (Å²) in [6.07, 6.45) is 0.647. The van der Waals surface area contributed by atoms with E-state index in [1.807, 2.05) is 18.2 Å². The number of amidine groups is 1. The number of amides is 1. The van der Waals surface area contributed by atoms with Crippen molar-refractivity contribution in [2.24, 2.45) is 5.73 Å². The molecule has 0 spiro atoms. The maximum absolute atomic E-state index is 12.7.